The van der Waals surface area contributed by atoms with Crippen molar-refractivity contribution < 1.29 is 4.74 Å². The van der Waals surface area contributed by atoms with Crippen LogP contribution in [0.15, 0.2) is 53.0 Å². The minimum Gasteiger partial charge on any atom is -0.456 e. The largest absolute Gasteiger partial charge is 0.456 e. The molecule has 0 aromatic heterocycles. The number of ether oxygens (including phenoxy) is 1. The summed E-state index contributed by atoms with van der Waals surface area (Å²) in [4.78, 5) is 2.58. The Kier molecular flexibility index (Phi) is 5.74. The van der Waals surface area contributed by atoms with Gasteiger partial charge in [0.2, 0.25) is 0 Å². The first-order chi connectivity index (χ1) is 11.2. The minimum absolute atomic E-state index is 0.591. The first kappa shape index (κ1) is 16.5. The lowest BCUT2D eigenvalue weighted by atomic mass is 9.97. The maximum atomic E-state index is 5.93. The average molecular weight is 374 g/mol. The van der Waals surface area contributed by atoms with Gasteiger partial charge in [0.25, 0.3) is 0 Å². The van der Waals surface area contributed by atoms with E-state index in [0.717, 1.165) is 16.0 Å². The van der Waals surface area contributed by atoms with Crippen LogP contribution in [0.25, 0.3) is 0 Å². The van der Waals surface area contributed by atoms with Crippen LogP contribution < -0.4 is 4.74 Å². The first-order valence-corrected chi connectivity index (χ1v) is 9.26. The van der Waals surface area contributed by atoms with Gasteiger partial charge in [0.1, 0.15) is 11.5 Å². The highest BCUT2D eigenvalue weighted by molar-refractivity contribution is 9.10. The highest BCUT2D eigenvalue weighted by atomic mass is 79.9. The van der Waals surface area contributed by atoms with Gasteiger partial charge in [-0.15, -0.1) is 0 Å². The molecule has 0 saturated carbocycles. The van der Waals surface area contributed by atoms with Crippen molar-refractivity contribution in [1.82, 2.24) is 4.90 Å². The van der Waals surface area contributed by atoms with Crippen LogP contribution in [-0.4, -0.2) is 24.5 Å². The Morgan fingerprint density at radius 2 is 1.74 bits per heavy atom. The Hall–Kier alpha value is -1.32. The second-order valence-corrected chi connectivity index (χ2v) is 7.19. The molecule has 1 heterocycles. The van der Waals surface area contributed by atoms with E-state index in [1.807, 2.05) is 24.3 Å². The summed E-state index contributed by atoms with van der Waals surface area (Å²) < 4.78 is 6.91. The average Bonchev–Trinajstić information content (AvgIpc) is 3.09. The Labute approximate surface area is 147 Å². The van der Waals surface area contributed by atoms with Crippen LogP contribution in [0.3, 0.4) is 0 Å². The monoisotopic (exact) mass is 373 g/mol. The summed E-state index contributed by atoms with van der Waals surface area (Å²) in [5.74, 6) is 2.32. The molecule has 0 N–H and O–H groups in total. The minimum atomic E-state index is 0.591. The van der Waals surface area contributed by atoms with Gasteiger partial charge in [0, 0.05) is 0 Å². The van der Waals surface area contributed by atoms with E-state index < -0.39 is 0 Å². The lowest BCUT2D eigenvalue weighted by Gasteiger charge is -2.18. The lowest BCUT2D eigenvalue weighted by Crippen LogP contribution is -2.21. The first-order valence-electron chi connectivity index (χ1n) is 8.47. The number of hydrogen-bond donors (Lipinski definition) is 0. The van der Waals surface area contributed by atoms with Crippen molar-refractivity contribution in [3.05, 3.63) is 58.6 Å². The normalized spacial score (nSPS) is 16.4. The van der Waals surface area contributed by atoms with E-state index in [2.05, 4.69) is 52.0 Å². The van der Waals surface area contributed by atoms with E-state index in [1.54, 1.807) is 0 Å². The maximum absolute atomic E-state index is 5.93. The van der Waals surface area contributed by atoms with Crippen LogP contribution in [0.5, 0.6) is 11.5 Å². The summed E-state index contributed by atoms with van der Waals surface area (Å²) in [5.41, 5.74) is 1.39. The smallest absolute Gasteiger partial charge is 0.141 e. The fourth-order valence-electron chi connectivity index (χ4n) is 3.07. The second kappa shape index (κ2) is 7.98. The van der Waals surface area contributed by atoms with E-state index in [9.17, 15) is 0 Å². The molecule has 2 nitrogen and oxygen atoms in total. The third kappa shape index (κ3) is 4.58. The van der Waals surface area contributed by atoms with E-state index in [-0.39, 0.29) is 0 Å². The zero-order valence-electron chi connectivity index (χ0n) is 13.7. The summed E-state index contributed by atoms with van der Waals surface area (Å²) in [7, 11) is 0. The van der Waals surface area contributed by atoms with Crippen LogP contribution in [0.4, 0.5) is 0 Å². The summed E-state index contributed by atoms with van der Waals surface area (Å²) in [6.45, 7) is 6.10. The Balaban J connectivity index is 1.56. The molecule has 1 unspecified atom stereocenters. The Bertz CT molecular complexity index is 620. The number of para-hydroxylation sites is 1. The standard InChI is InChI=1S/C20H24BrNO/c1-16(12-15-22-13-4-5-14-22)17-8-10-18(11-9-17)23-20-7-3-2-6-19(20)21/h2-3,6-11,16H,4-5,12-15H2,1H3. The number of rotatable bonds is 6. The molecule has 1 saturated heterocycles. The van der Waals surface area contributed by atoms with Gasteiger partial charge >= 0.3 is 0 Å². The number of hydrogen-bond acceptors (Lipinski definition) is 2. The Morgan fingerprint density at radius 3 is 2.43 bits per heavy atom. The van der Waals surface area contributed by atoms with Gasteiger partial charge in [0.15, 0.2) is 0 Å². The van der Waals surface area contributed by atoms with Crippen molar-refractivity contribution >= 4 is 15.9 Å². The zero-order valence-corrected chi connectivity index (χ0v) is 15.3. The van der Waals surface area contributed by atoms with Crippen molar-refractivity contribution in [3.8, 4) is 11.5 Å². The zero-order chi connectivity index (χ0) is 16.1. The molecule has 23 heavy (non-hydrogen) atoms. The van der Waals surface area contributed by atoms with Crippen molar-refractivity contribution in [2.45, 2.75) is 32.1 Å². The summed E-state index contributed by atoms with van der Waals surface area (Å²) in [6.07, 6.45) is 3.97. The lowest BCUT2D eigenvalue weighted by molar-refractivity contribution is 0.324. The van der Waals surface area contributed by atoms with Crippen molar-refractivity contribution in [3.63, 3.8) is 0 Å². The molecule has 1 fully saturated rings. The van der Waals surface area contributed by atoms with Crippen molar-refractivity contribution in [1.29, 1.82) is 0 Å². The van der Waals surface area contributed by atoms with E-state index in [0.29, 0.717) is 5.92 Å². The SMILES string of the molecule is CC(CCN1CCCC1)c1ccc(Oc2ccccc2Br)cc1. The quantitative estimate of drug-likeness (QED) is 0.631. The molecule has 0 aliphatic carbocycles. The molecule has 1 aliphatic heterocycles. The molecule has 0 amide bonds. The summed E-state index contributed by atoms with van der Waals surface area (Å²) >= 11 is 3.51. The number of benzene rings is 2. The second-order valence-electron chi connectivity index (χ2n) is 6.34. The van der Waals surface area contributed by atoms with E-state index in [4.69, 9.17) is 4.74 Å². The van der Waals surface area contributed by atoms with Crippen molar-refractivity contribution in [2.75, 3.05) is 19.6 Å². The topological polar surface area (TPSA) is 12.5 Å². The van der Waals surface area contributed by atoms with E-state index in [1.165, 1.54) is 44.5 Å². The molecule has 2 aromatic rings. The number of halogens is 1. The van der Waals surface area contributed by atoms with Gasteiger partial charge < -0.3 is 9.64 Å². The van der Waals surface area contributed by atoms with Gasteiger partial charge in [-0.3, -0.25) is 0 Å². The molecule has 1 aliphatic rings. The molecular weight excluding hydrogens is 350 g/mol. The summed E-state index contributed by atoms with van der Waals surface area (Å²) in [6, 6.07) is 16.5. The Morgan fingerprint density at radius 1 is 1.04 bits per heavy atom. The van der Waals surface area contributed by atoms with Crippen LogP contribution in [0, 0.1) is 0 Å². The van der Waals surface area contributed by atoms with E-state index >= 15 is 0 Å². The fraction of sp³-hybridized carbons (Fsp3) is 0.400. The van der Waals surface area contributed by atoms with Crippen LogP contribution in [-0.2, 0) is 0 Å². The molecule has 122 valence electrons. The number of nitrogens with zero attached hydrogens (tertiary/aromatic N) is 1. The molecule has 3 heteroatoms. The third-order valence-electron chi connectivity index (χ3n) is 4.59. The predicted molar refractivity (Wildman–Crippen MR) is 99.4 cm³/mol. The van der Waals surface area contributed by atoms with Gasteiger partial charge in [-0.25, -0.2) is 0 Å². The molecule has 0 bridgehead atoms. The van der Waals surface area contributed by atoms with Gasteiger partial charge in [0.05, 0.1) is 4.47 Å². The van der Waals surface area contributed by atoms with Crippen LogP contribution in [0.2, 0.25) is 0 Å². The molecule has 1 atom stereocenters. The highest BCUT2D eigenvalue weighted by Gasteiger charge is 2.13. The predicted octanol–water partition coefficient (Wildman–Crippen LogP) is 5.83. The molecule has 0 radical (unpaired) electrons. The van der Waals surface area contributed by atoms with Crippen LogP contribution >= 0.6 is 15.9 Å². The van der Waals surface area contributed by atoms with Gasteiger partial charge in [-0.1, -0.05) is 31.2 Å². The molecular formula is C20H24BrNO. The van der Waals surface area contributed by atoms with Crippen molar-refractivity contribution in [2.24, 2.45) is 0 Å². The molecule has 0 spiro atoms. The fourth-order valence-corrected chi connectivity index (χ4v) is 3.43. The summed E-state index contributed by atoms with van der Waals surface area (Å²) in [5, 5.41) is 0. The number of likely N-dealkylation sites (tertiary alicyclic amines) is 1. The molecule has 2 aromatic carbocycles. The maximum Gasteiger partial charge on any atom is 0.141 e. The molecule has 3 rings (SSSR count). The third-order valence-corrected chi connectivity index (χ3v) is 5.25. The van der Waals surface area contributed by atoms with Gasteiger partial charge in [-0.05, 0) is 90.6 Å². The van der Waals surface area contributed by atoms with Crippen LogP contribution in [0.1, 0.15) is 37.7 Å². The van der Waals surface area contributed by atoms with Gasteiger partial charge in [-0.2, -0.15) is 0 Å². The highest BCUT2D eigenvalue weighted by Crippen LogP contribution is 2.30.